The molecule has 0 fully saturated rings. The molecule has 3 rings (SSSR count). The highest BCUT2D eigenvalue weighted by Gasteiger charge is 2.31. The molecule has 0 aromatic heterocycles. The second kappa shape index (κ2) is 6.20. The van der Waals surface area contributed by atoms with Crippen molar-refractivity contribution in [3.8, 4) is 5.75 Å². The summed E-state index contributed by atoms with van der Waals surface area (Å²) in [7, 11) is 0. The number of anilines is 1. The first-order valence-electron chi connectivity index (χ1n) is 7.64. The Bertz CT molecular complexity index is 818. The number of hydrogen-bond acceptors (Lipinski definition) is 4. The number of aromatic hydroxyl groups is 1. The predicted octanol–water partition coefficient (Wildman–Crippen LogP) is 2.87. The number of carbonyl (C=O) groups excluding carboxylic acids is 2. The van der Waals surface area contributed by atoms with Crippen LogP contribution in [-0.2, 0) is 16.1 Å². The van der Waals surface area contributed by atoms with Crippen molar-refractivity contribution in [3.05, 3.63) is 70.9 Å². The molecular weight excluding hydrogens is 304 g/mol. The summed E-state index contributed by atoms with van der Waals surface area (Å²) in [4.78, 5) is 25.8. The lowest BCUT2D eigenvalue weighted by atomic mass is 10.1. The minimum Gasteiger partial charge on any atom is -0.507 e. The Morgan fingerprint density at radius 2 is 1.67 bits per heavy atom. The normalized spacial score (nSPS) is 14.1. The van der Waals surface area contributed by atoms with Crippen LogP contribution in [0.2, 0.25) is 0 Å². The van der Waals surface area contributed by atoms with E-state index < -0.39 is 0 Å². The van der Waals surface area contributed by atoms with Gasteiger partial charge in [-0.1, -0.05) is 30.3 Å². The fourth-order valence-electron chi connectivity index (χ4n) is 2.70. The van der Waals surface area contributed by atoms with Gasteiger partial charge in [-0.2, -0.15) is 0 Å². The number of carbonyl (C=O) groups is 2. The molecule has 2 amide bonds. The van der Waals surface area contributed by atoms with E-state index in [0.717, 1.165) is 5.56 Å². The van der Waals surface area contributed by atoms with Gasteiger partial charge in [0.1, 0.15) is 11.4 Å². The molecule has 24 heavy (non-hydrogen) atoms. The fraction of sp³-hybridized carbons (Fsp3) is 0.158. The van der Waals surface area contributed by atoms with Gasteiger partial charge in [0.2, 0.25) is 0 Å². The lowest BCUT2D eigenvalue weighted by Gasteiger charge is -2.16. The van der Waals surface area contributed by atoms with E-state index in [2.05, 4.69) is 5.32 Å². The molecular formula is C19H18N2O3. The van der Waals surface area contributed by atoms with Crippen LogP contribution in [-0.4, -0.2) is 21.8 Å². The highest BCUT2D eigenvalue weighted by Crippen LogP contribution is 2.27. The molecule has 2 N–H and O–H groups in total. The molecule has 0 bridgehead atoms. The molecule has 0 saturated carbocycles. The van der Waals surface area contributed by atoms with Gasteiger partial charge in [0, 0.05) is 11.8 Å². The van der Waals surface area contributed by atoms with Crippen molar-refractivity contribution in [1.82, 2.24) is 4.90 Å². The maximum absolute atomic E-state index is 12.5. The Kier molecular flexibility index (Phi) is 4.08. The molecule has 0 saturated heterocycles. The Balaban J connectivity index is 1.77. The van der Waals surface area contributed by atoms with Crippen LogP contribution in [0.5, 0.6) is 5.75 Å². The van der Waals surface area contributed by atoms with E-state index in [1.807, 2.05) is 30.3 Å². The van der Waals surface area contributed by atoms with Gasteiger partial charge in [0.25, 0.3) is 11.8 Å². The maximum atomic E-state index is 12.5. The van der Waals surface area contributed by atoms with Gasteiger partial charge in [0.15, 0.2) is 0 Å². The Morgan fingerprint density at radius 3 is 2.29 bits per heavy atom. The van der Waals surface area contributed by atoms with E-state index >= 15 is 0 Å². The van der Waals surface area contributed by atoms with E-state index in [4.69, 9.17) is 0 Å². The minimum absolute atomic E-state index is 0.231. The number of rotatable bonds is 4. The zero-order valence-corrected chi connectivity index (χ0v) is 13.5. The molecule has 0 unspecified atom stereocenters. The predicted molar refractivity (Wildman–Crippen MR) is 91.3 cm³/mol. The van der Waals surface area contributed by atoms with Gasteiger partial charge in [-0.05, 0) is 42.7 Å². The number of imide groups is 1. The number of nitrogens with one attached hydrogen (secondary N) is 1. The number of benzene rings is 2. The van der Waals surface area contributed by atoms with Gasteiger partial charge in [-0.3, -0.25) is 14.5 Å². The number of amides is 2. The lowest BCUT2D eigenvalue weighted by molar-refractivity contribution is -0.137. The smallest absolute Gasteiger partial charge is 0.277 e. The Morgan fingerprint density at radius 1 is 1.04 bits per heavy atom. The van der Waals surface area contributed by atoms with Crippen molar-refractivity contribution in [2.75, 3.05) is 5.32 Å². The van der Waals surface area contributed by atoms with Gasteiger partial charge in [0.05, 0.1) is 6.54 Å². The Labute approximate surface area is 140 Å². The first-order chi connectivity index (χ1) is 11.5. The third-order valence-electron chi connectivity index (χ3n) is 3.96. The van der Waals surface area contributed by atoms with Crippen molar-refractivity contribution in [1.29, 1.82) is 0 Å². The molecule has 1 aliphatic heterocycles. The zero-order valence-electron chi connectivity index (χ0n) is 13.5. The first-order valence-corrected chi connectivity index (χ1v) is 7.64. The molecule has 0 atom stereocenters. The van der Waals surface area contributed by atoms with E-state index in [9.17, 15) is 14.7 Å². The zero-order chi connectivity index (χ0) is 17.3. The number of phenols is 1. The van der Waals surface area contributed by atoms with Gasteiger partial charge in [-0.15, -0.1) is 0 Å². The quantitative estimate of drug-likeness (QED) is 0.671. The summed E-state index contributed by atoms with van der Waals surface area (Å²) in [5, 5.41) is 12.8. The SMILES string of the molecule is Cc1cc(NC2=CC(=O)N(Cc3ccccc3)C2=O)cc(C)c1O. The van der Waals surface area contributed by atoms with Crippen molar-refractivity contribution in [3.63, 3.8) is 0 Å². The second-order valence-electron chi connectivity index (χ2n) is 5.86. The molecule has 2 aromatic rings. The molecule has 0 spiro atoms. The molecule has 0 radical (unpaired) electrons. The van der Waals surface area contributed by atoms with Crippen molar-refractivity contribution in [2.45, 2.75) is 20.4 Å². The average molecular weight is 322 g/mol. The van der Waals surface area contributed by atoms with E-state index in [1.165, 1.54) is 11.0 Å². The van der Waals surface area contributed by atoms with Crippen LogP contribution in [0.4, 0.5) is 5.69 Å². The topological polar surface area (TPSA) is 69.6 Å². The van der Waals surface area contributed by atoms with Crippen molar-refractivity contribution >= 4 is 17.5 Å². The van der Waals surface area contributed by atoms with Crippen LogP contribution in [0.3, 0.4) is 0 Å². The minimum atomic E-state index is -0.354. The summed E-state index contributed by atoms with van der Waals surface area (Å²) in [5.74, 6) is -0.458. The number of phenolic OH excluding ortho intramolecular Hbond substituents is 1. The maximum Gasteiger partial charge on any atom is 0.277 e. The first kappa shape index (κ1) is 15.8. The molecule has 1 aliphatic rings. The fourth-order valence-corrected chi connectivity index (χ4v) is 2.70. The lowest BCUT2D eigenvalue weighted by Crippen LogP contribution is -2.31. The van der Waals surface area contributed by atoms with Crippen LogP contribution in [0.15, 0.2) is 54.2 Å². The summed E-state index contributed by atoms with van der Waals surface area (Å²) >= 11 is 0. The third-order valence-corrected chi connectivity index (χ3v) is 3.96. The van der Waals surface area contributed by atoms with E-state index in [0.29, 0.717) is 16.8 Å². The number of nitrogens with zero attached hydrogens (tertiary/aromatic N) is 1. The third kappa shape index (κ3) is 3.01. The van der Waals surface area contributed by atoms with Crippen LogP contribution < -0.4 is 5.32 Å². The molecule has 2 aromatic carbocycles. The summed E-state index contributed by atoms with van der Waals surface area (Å²) in [5.41, 5.74) is 3.20. The van der Waals surface area contributed by atoms with Crippen LogP contribution in [0, 0.1) is 13.8 Å². The largest absolute Gasteiger partial charge is 0.507 e. The highest BCUT2D eigenvalue weighted by molar-refractivity contribution is 6.17. The second-order valence-corrected chi connectivity index (χ2v) is 5.86. The van der Waals surface area contributed by atoms with Crippen molar-refractivity contribution < 1.29 is 14.7 Å². The van der Waals surface area contributed by atoms with E-state index in [1.54, 1.807) is 26.0 Å². The molecule has 5 nitrogen and oxygen atoms in total. The molecule has 1 heterocycles. The van der Waals surface area contributed by atoms with Crippen LogP contribution >= 0.6 is 0 Å². The highest BCUT2D eigenvalue weighted by atomic mass is 16.3. The number of hydrogen-bond donors (Lipinski definition) is 2. The van der Waals surface area contributed by atoms with Crippen LogP contribution in [0.25, 0.3) is 0 Å². The van der Waals surface area contributed by atoms with Crippen LogP contribution in [0.1, 0.15) is 16.7 Å². The van der Waals surface area contributed by atoms with E-state index in [-0.39, 0.29) is 29.8 Å². The molecule has 122 valence electrons. The summed E-state index contributed by atoms with van der Waals surface area (Å²) in [6.07, 6.45) is 1.31. The summed E-state index contributed by atoms with van der Waals surface area (Å²) < 4.78 is 0. The van der Waals surface area contributed by atoms with Crippen molar-refractivity contribution in [2.24, 2.45) is 0 Å². The van der Waals surface area contributed by atoms with Gasteiger partial charge < -0.3 is 10.4 Å². The summed E-state index contributed by atoms with van der Waals surface area (Å²) in [6.45, 7) is 3.81. The van der Waals surface area contributed by atoms with Gasteiger partial charge in [-0.25, -0.2) is 0 Å². The standard InChI is InChI=1S/C19H18N2O3/c1-12-8-15(9-13(2)18(12)23)20-16-10-17(22)21(19(16)24)11-14-6-4-3-5-7-14/h3-10,20,23H,11H2,1-2H3. The molecule has 0 aliphatic carbocycles. The Hall–Kier alpha value is -3.08. The van der Waals surface area contributed by atoms with Gasteiger partial charge >= 0.3 is 0 Å². The molecule has 5 heteroatoms. The monoisotopic (exact) mass is 322 g/mol. The summed E-state index contributed by atoms with van der Waals surface area (Å²) in [6, 6.07) is 12.8. The average Bonchev–Trinajstić information content (AvgIpc) is 2.81. The number of aryl methyl sites for hydroxylation is 2.